The molecule has 3 rings (SSSR count). The third-order valence-corrected chi connectivity index (χ3v) is 4.50. The van der Waals surface area contributed by atoms with Crippen molar-refractivity contribution in [2.75, 3.05) is 18.9 Å². The molecule has 31 heavy (non-hydrogen) atoms. The van der Waals surface area contributed by atoms with Crippen LogP contribution in [0, 0.1) is 5.82 Å². The van der Waals surface area contributed by atoms with E-state index in [-0.39, 0.29) is 12.5 Å². The van der Waals surface area contributed by atoms with Crippen LogP contribution < -0.4 is 16.0 Å². The lowest BCUT2D eigenvalue weighted by atomic mass is 10.1. The zero-order valence-electron chi connectivity index (χ0n) is 16.3. The molecule has 3 N–H and O–H groups in total. The first-order valence-corrected chi connectivity index (χ1v) is 9.20. The average molecular weight is 434 g/mol. The predicted octanol–water partition coefficient (Wildman–Crippen LogP) is 4.12. The quantitative estimate of drug-likeness (QED) is 0.529. The van der Waals surface area contributed by atoms with E-state index < -0.39 is 29.3 Å². The Morgan fingerprint density at radius 3 is 2.55 bits per heavy atom. The number of nitrogens with one attached hydrogen (secondary N) is 3. The van der Waals surface area contributed by atoms with Gasteiger partial charge < -0.3 is 16.0 Å². The highest BCUT2D eigenvalue weighted by atomic mass is 19.4. The van der Waals surface area contributed by atoms with Crippen LogP contribution in [0.1, 0.15) is 21.6 Å². The van der Waals surface area contributed by atoms with Crippen LogP contribution in [-0.4, -0.2) is 30.5 Å². The Morgan fingerprint density at radius 1 is 1.06 bits per heavy atom. The van der Waals surface area contributed by atoms with Gasteiger partial charge in [0.25, 0.3) is 5.91 Å². The number of halogens is 4. The van der Waals surface area contributed by atoms with Gasteiger partial charge in [-0.1, -0.05) is 18.2 Å². The topological polar surface area (TPSA) is 83.1 Å². The van der Waals surface area contributed by atoms with E-state index in [1.54, 1.807) is 12.3 Å². The molecule has 0 bridgehead atoms. The number of alkyl halides is 3. The maximum absolute atomic E-state index is 14.0. The van der Waals surface area contributed by atoms with Crippen LogP contribution >= 0.6 is 0 Å². The molecule has 3 amide bonds. The summed E-state index contributed by atoms with van der Waals surface area (Å²) in [6, 6.07) is 8.99. The molecule has 0 fully saturated rings. The van der Waals surface area contributed by atoms with E-state index in [0.29, 0.717) is 18.2 Å². The van der Waals surface area contributed by atoms with Crippen molar-refractivity contribution in [2.45, 2.75) is 12.6 Å². The number of anilines is 1. The molecule has 0 saturated heterocycles. The van der Waals surface area contributed by atoms with E-state index in [9.17, 15) is 27.2 Å². The van der Waals surface area contributed by atoms with Crippen molar-refractivity contribution in [1.29, 1.82) is 0 Å². The largest absolute Gasteiger partial charge is 0.419 e. The maximum Gasteiger partial charge on any atom is 0.419 e. The van der Waals surface area contributed by atoms with Gasteiger partial charge in [0.05, 0.1) is 11.3 Å². The van der Waals surface area contributed by atoms with Crippen molar-refractivity contribution in [2.24, 2.45) is 0 Å². The Labute approximate surface area is 174 Å². The van der Waals surface area contributed by atoms with Crippen LogP contribution in [0.15, 0.2) is 48.7 Å². The summed E-state index contributed by atoms with van der Waals surface area (Å²) in [5, 5.41) is 8.69. The normalized spacial score (nSPS) is 11.3. The monoisotopic (exact) mass is 434 g/mol. The molecule has 162 valence electrons. The van der Waals surface area contributed by atoms with Crippen molar-refractivity contribution in [3.8, 4) is 0 Å². The van der Waals surface area contributed by atoms with Crippen molar-refractivity contribution < 1.29 is 27.2 Å². The van der Waals surface area contributed by atoms with Crippen molar-refractivity contribution in [3.05, 3.63) is 71.3 Å². The molecular formula is C21H18F4N4O2. The van der Waals surface area contributed by atoms with E-state index >= 15 is 0 Å². The third-order valence-electron chi connectivity index (χ3n) is 4.50. The van der Waals surface area contributed by atoms with Gasteiger partial charge >= 0.3 is 12.2 Å². The summed E-state index contributed by atoms with van der Waals surface area (Å²) in [7, 11) is 1.52. The number of carbonyl (C=O) groups is 2. The van der Waals surface area contributed by atoms with Crippen LogP contribution in [0.2, 0.25) is 0 Å². The number of urea groups is 1. The number of rotatable bonds is 5. The molecule has 0 saturated carbocycles. The Hall–Kier alpha value is -3.69. The molecular weight excluding hydrogens is 416 g/mol. The van der Waals surface area contributed by atoms with E-state index in [0.717, 1.165) is 28.5 Å². The highest BCUT2D eigenvalue weighted by Crippen LogP contribution is 2.33. The molecule has 0 radical (unpaired) electrons. The summed E-state index contributed by atoms with van der Waals surface area (Å²) < 4.78 is 52.2. The minimum Gasteiger partial charge on any atom is -0.354 e. The van der Waals surface area contributed by atoms with Gasteiger partial charge in [-0.05, 0) is 41.6 Å². The molecule has 0 aliphatic rings. The molecule has 0 aliphatic heterocycles. The molecule has 6 nitrogen and oxygen atoms in total. The predicted molar refractivity (Wildman–Crippen MR) is 107 cm³/mol. The zero-order chi connectivity index (χ0) is 22.6. The van der Waals surface area contributed by atoms with Gasteiger partial charge in [0.15, 0.2) is 5.82 Å². The lowest BCUT2D eigenvalue weighted by molar-refractivity contribution is -0.139. The highest BCUT2D eigenvalue weighted by molar-refractivity contribution is 5.96. The second-order valence-corrected chi connectivity index (χ2v) is 6.63. The fourth-order valence-corrected chi connectivity index (χ4v) is 2.93. The Bertz CT molecular complexity index is 1130. The summed E-state index contributed by atoms with van der Waals surface area (Å²) >= 11 is 0. The summed E-state index contributed by atoms with van der Waals surface area (Å²) in [5.74, 6) is -1.83. The van der Waals surface area contributed by atoms with Gasteiger partial charge in [-0.2, -0.15) is 13.2 Å². The number of hydrogen-bond acceptors (Lipinski definition) is 3. The minimum atomic E-state index is -4.86. The third kappa shape index (κ3) is 5.27. The van der Waals surface area contributed by atoms with E-state index in [1.807, 2.05) is 18.2 Å². The molecule has 0 unspecified atom stereocenters. The lowest BCUT2D eigenvalue weighted by Crippen LogP contribution is -2.31. The van der Waals surface area contributed by atoms with Crippen LogP contribution in [0.5, 0.6) is 0 Å². The van der Waals surface area contributed by atoms with Crippen molar-refractivity contribution in [1.82, 2.24) is 15.6 Å². The van der Waals surface area contributed by atoms with Crippen molar-refractivity contribution in [3.63, 3.8) is 0 Å². The molecule has 2 aromatic carbocycles. The van der Waals surface area contributed by atoms with Crippen LogP contribution in [-0.2, 0) is 12.6 Å². The first kappa shape index (κ1) is 22.0. The number of nitrogens with zero attached hydrogens (tertiary/aromatic N) is 1. The van der Waals surface area contributed by atoms with Gasteiger partial charge in [-0.25, -0.2) is 9.18 Å². The van der Waals surface area contributed by atoms with Gasteiger partial charge in [0.1, 0.15) is 5.69 Å². The van der Waals surface area contributed by atoms with Crippen LogP contribution in [0.25, 0.3) is 10.8 Å². The van der Waals surface area contributed by atoms with Gasteiger partial charge in [0, 0.05) is 25.2 Å². The number of fused-ring (bicyclic) bond motifs is 1. The molecule has 1 aromatic heterocycles. The van der Waals surface area contributed by atoms with Crippen molar-refractivity contribution >= 4 is 28.4 Å². The first-order chi connectivity index (χ1) is 14.7. The average Bonchev–Trinajstić information content (AvgIpc) is 2.73. The Balaban J connectivity index is 1.59. The zero-order valence-corrected chi connectivity index (χ0v) is 16.3. The van der Waals surface area contributed by atoms with E-state index in [2.05, 4.69) is 20.9 Å². The SMILES string of the molecule is CNC(=O)c1cc2ccc(CCNC(=O)Nc3cccc(C(F)(F)F)c3F)cc2cn1. The van der Waals surface area contributed by atoms with Crippen LogP contribution in [0.3, 0.4) is 0 Å². The number of benzene rings is 2. The molecule has 1 heterocycles. The summed E-state index contributed by atoms with van der Waals surface area (Å²) in [6.45, 7) is 0.168. The maximum atomic E-state index is 14.0. The first-order valence-electron chi connectivity index (χ1n) is 9.20. The smallest absolute Gasteiger partial charge is 0.354 e. The number of carbonyl (C=O) groups excluding carboxylic acids is 2. The second-order valence-electron chi connectivity index (χ2n) is 6.63. The van der Waals surface area contributed by atoms with E-state index in [4.69, 9.17) is 0 Å². The molecule has 10 heteroatoms. The van der Waals surface area contributed by atoms with E-state index in [1.165, 1.54) is 7.05 Å². The number of pyridine rings is 1. The fourth-order valence-electron chi connectivity index (χ4n) is 2.93. The molecule has 3 aromatic rings. The van der Waals surface area contributed by atoms with Gasteiger partial charge in [-0.3, -0.25) is 9.78 Å². The Kier molecular flexibility index (Phi) is 6.38. The molecule has 0 atom stereocenters. The number of hydrogen-bond donors (Lipinski definition) is 3. The lowest BCUT2D eigenvalue weighted by Gasteiger charge is -2.12. The summed E-state index contributed by atoms with van der Waals surface area (Å²) in [4.78, 5) is 27.7. The van der Waals surface area contributed by atoms with Gasteiger partial charge in [-0.15, -0.1) is 0 Å². The second kappa shape index (κ2) is 8.99. The standard InChI is InChI=1S/C21H18F4N4O2/c1-26-19(30)17-10-13-6-5-12(9-14(13)11-28-17)7-8-27-20(31)29-16-4-2-3-15(18(16)22)21(23,24)25/h2-6,9-11H,7-8H2,1H3,(H,26,30)(H2,27,29,31). The number of amides is 3. The highest BCUT2D eigenvalue weighted by Gasteiger charge is 2.35. The molecule has 0 spiro atoms. The van der Waals surface area contributed by atoms with Crippen LogP contribution in [0.4, 0.5) is 28.0 Å². The minimum absolute atomic E-state index is 0.168. The number of aromatic nitrogens is 1. The Morgan fingerprint density at radius 2 is 1.84 bits per heavy atom. The summed E-state index contributed by atoms with van der Waals surface area (Å²) in [6.07, 6.45) is -2.87. The summed E-state index contributed by atoms with van der Waals surface area (Å²) in [5.41, 5.74) is -0.846. The van der Waals surface area contributed by atoms with Gasteiger partial charge in [0.2, 0.25) is 0 Å². The fraction of sp³-hybridized carbons (Fsp3) is 0.190. The molecule has 0 aliphatic carbocycles.